The summed E-state index contributed by atoms with van der Waals surface area (Å²) in [6.07, 6.45) is 5.00. The number of carboxylic acids is 1. The van der Waals surface area contributed by atoms with Crippen molar-refractivity contribution in [3.8, 4) is 0 Å². The lowest BCUT2D eigenvalue weighted by molar-refractivity contribution is -0.141. The van der Waals surface area contributed by atoms with Crippen LogP contribution in [-0.4, -0.2) is 21.4 Å². The molecule has 3 nitrogen and oxygen atoms in total. The van der Waals surface area contributed by atoms with E-state index in [-0.39, 0.29) is 10.4 Å². The van der Waals surface area contributed by atoms with Crippen molar-refractivity contribution in [3.63, 3.8) is 0 Å². The number of carboxylic acid groups (broad SMARTS) is 1. The van der Waals surface area contributed by atoms with Gasteiger partial charge in [0.2, 0.25) is 0 Å². The van der Waals surface area contributed by atoms with Crippen molar-refractivity contribution in [2.24, 2.45) is 5.92 Å². The Kier molecular flexibility index (Phi) is 8.35. The highest BCUT2D eigenvalue weighted by Gasteiger charge is 2.25. The fraction of sp³-hybridized carbons (Fsp3) is 0.833. The van der Waals surface area contributed by atoms with Crippen LogP contribution in [0.25, 0.3) is 0 Å². The smallest absolute Gasteiger partial charge is 0.307 e. The molecule has 4 heteroatoms. The van der Waals surface area contributed by atoms with Gasteiger partial charge in [-0.2, -0.15) is 0 Å². The molecule has 1 N–H and O–H groups in total. The molecule has 0 aromatic rings. The third kappa shape index (κ3) is 6.88. The van der Waals surface area contributed by atoms with Crippen molar-refractivity contribution >= 4 is 22.8 Å². The van der Waals surface area contributed by atoms with Crippen LogP contribution in [0.1, 0.15) is 52.9 Å². The molecule has 0 aromatic heterocycles. The van der Waals surface area contributed by atoms with Gasteiger partial charge in [0.15, 0.2) is 5.12 Å². The van der Waals surface area contributed by atoms with E-state index in [1.807, 2.05) is 6.92 Å². The molecule has 0 radical (unpaired) electrons. The maximum Gasteiger partial charge on any atom is 0.307 e. The fourth-order valence-corrected chi connectivity index (χ4v) is 2.63. The summed E-state index contributed by atoms with van der Waals surface area (Å²) in [6, 6.07) is 0. The number of carbonyl (C=O) groups is 2. The highest BCUT2D eigenvalue weighted by molar-refractivity contribution is 8.14. The molecule has 0 heterocycles. The summed E-state index contributed by atoms with van der Waals surface area (Å²) >= 11 is 1.13. The maximum absolute atomic E-state index is 11.1. The van der Waals surface area contributed by atoms with Gasteiger partial charge < -0.3 is 5.11 Å². The normalized spacial score (nSPS) is 14.4. The van der Waals surface area contributed by atoms with Crippen LogP contribution in [0, 0.1) is 5.92 Å². The summed E-state index contributed by atoms with van der Waals surface area (Å²) in [5.41, 5.74) is 0. The van der Waals surface area contributed by atoms with Crippen LogP contribution >= 0.6 is 11.8 Å². The van der Waals surface area contributed by atoms with Gasteiger partial charge in [-0.3, -0.25) is 9.59 Å². The second-order valence-electron chi connectivity index (χ2n) is 4.11. The average molecular weight is 246 g/mol. The Bertz CT molecular complexity index is 228. The fourth-order valence-electron chi connectivity index (χ4n) is 1.69. The van der Waals surface area contributed by atoms with Gasteiger partial charge >= 0.3 is 5.97 Å². The van der Waals surface area contributed by atoms with Crippen LogP contribution in [0.5, 0.6) is 0 Å². The zero-order chi connectivity index (χ0) is 12.6. The molecule has 0 bridgehead atoms. The first-order valence-electron chi connectivity index (χ1n) is 5.89. The molecule has 2 atom stereocenters. The zero-order valence-electron chi connectivity index (χ0n) is 10.4. The largest absolute Gasteiger partial charge is 0.481 e. The molecule has 0 rings (SSSR count). The average Bonchev–Trinajstić information content (AvgIpc) is 2.15. The van der Waals surface area contributed by atoms with Crippen molar-refractivity contribution in [2.75, 3.05) is 0 Å². The van der Waals surface area contributed by atoms with Gasteiger partial charge in [0, 0.05) is 12.2 Å². The van der Waals surface area contributed by atoms with E-state index in [0.29, 0.717) is 6.42 Å². The first kappa shape index (κ1) is 15.5. The molecule has 0 aliphatic heterocycles. The van der Waals surface area contributed by atoms with Crippen molar-refractivity contribution in [2.45, 2.75) is 58.1 Å². The van der Waals surface area contributed by atoms with E-state index >= 15 is 0 Å². The van der Waals surface area contributed by atoms with Gasteiger partial charge in [-0.05, 0) is 6.42 Å². The number of aliphatic carboxylic acids is 1. The summed E-state index contributed by atoms with van der Waals surface area (Å²) in [6.45, 7) is 5.44. The lowest BCUT2D eigenvalue weighted by Gasteiger charge is -2.18. The summed E-state index contributed by atoms with van der Waals surface area (Å²) in [5, 5.41) is 8.95. The molecule has 0 aliphatic carbocycles. The Labute approximate surface area is 102 Å². The summed E-state index contributed by atoms with van der Waals surface area (Å²) in [5.74, 6) is -1.18. The molecule has 0 aromatic carbocycles. The van der Waals surface area contributed by atoms with Crippen LogP contribution in [0.3, 0.4) is 0 Å². The Balaban J connectivity index is 4.06. The third-order valence-corrected chi connectivity index (χ3v) is 3.64. The zero-order valence-corrected chi connectivity index (χ0v) is 11.2. The number of rotatable bonds is 8. The molecule has 16 heavy (non-hydrogen) atoms. The number of unbranched alkanes of at least 4 members (excludes halogenated alkanes) is 3. The van der Waals surface area contributed by atoms with Crippen molar-refractivity contribution < 1.29 is 14.7 Å². The van der Waals surface area contributed by atoms with Crippen LogP contribution in [-0.2, 0) is 9.59 Å². The van der Waals surface area contributed by atoms with E-state index in [9.17, 15) is 9.59 Å². The first-order chi connectivity index (χ1) is 7.49. The Morgan fingerprint density at radius 2 is 1.88 bits per heavy atom. The van der Waals surface area contributed by atoms with Crippen LogP contribution in [0.2, 0.25) is 0 Å². The highest BCUT2D eigenvalue weighted by Crippen LogP contribution is 2.25. The van der Waals surface area contributed by atoms with Gasteiger partial charge in [0.05, 0.1) is 5.92 Å². The van der Waals surface area contributed by atoms with E-state index < -0.39 is 11.9 Å². The predicted octanol–water partition coefficient (Wildman–Crippen LogP) is 3.33. The minimum Gasteiger partial charge on any atom is -0.481 e. The SMILES string of the molecule is CCCCCCC(C(=O)O)C(C)SC(C)=O. The Morgan fingerprint density at radius 3 is 2.31 bits per heavy atom. The molecule has 2 unspecified atom stereocenters. The standard InChI is InChI=1S/C12H22O3S/c1-4-5-6-7-8-11(12(14)15)9(2)16-10(3)13/h9,11H,4-8H2,1-3H3,(H,14,15). The number of thioether (sulfide) groups is 1. The van der Waals surface area contributed by atoms with Crippen molar-refractivity contribution in [3.05, 3.63) is 0 Å². The monoisotopic (exact) mass is 246 g/mol. The molecule has 0 aliphatic rings. The van der Waals surface area contributed by atoms with E-state index in [0.717, 1.165) is 37.4 Å². The van der Waals surface area contributed by atoms with Crippen LogP contribution in [0.15, 0.2) is 0 Å². The van der Waals surface area contributed by atoms with Crippen LogP contribution in [0.4, 0.5) is 0 Å². The quantitative estimate of drug-likeness (QED) is 0.667. The van der Waals surface area contributed by atoms with Gasteiger partial charge in [-0.1, -0.05) is 51.3 Å². The summed E-state index contributed by atoms with van der Waals surface area (Å²) < 4.78 is 0. The topological polar surface area (TPSA) is 54.4 Å². The molecule has 0 saturated heterocycles. The highest BCUT2D eigenvalue weighted by atomic mass is 32.2. The Morgan fingerprint density at radius 1 is 1.25 bits per heavy atom. The predicted molar refractivity (Wildman–Crippen MR) is 67.6 cm³/mol. The summed E-state index contributed by atoms with van der Waals surface area (Å²) in [4.78, 5) is 22.0. The second kappa shape index (κ2) is 8.62. The van der Waals surface area contributed by atoms with Gasteiger partial charge in [-0.15, -0.1) is 0 Å². The van der Waals surface area contributed by atoms with Crippen molar-refractivity contribution in [1.82, 2.24) is 0 Å². The summed E-state index contributed by atoms with van der Waals surface area (Å²) in [7, 11) is 0. The third-order valence-electron chi connectivity index (χ3n) is 2.60. The number of carbonyl (C=O) groups excluding carboxylic acids is 1. The molecule has 0 fully saturated rings. The molecule has 0 amide bonds. The lowest BCUT2D eigenvalue weighted by Crippen LogP contribution is -2.24. The van der Waals surface area contributed by atoms with Crippen molar-refractivity contribution in [1.29, 1.82) is 0 Å². The molecular weight excluding hydrogens is 224 g/mol. The minimum absolute atomic E-state index is 0.00712. The van der Waals surface area contributed by atoms with Gasteiger partial charge in [-0.25, -0.2) is 0 Å². The second-order valence-corrected chi connectivity index (χ2v) is 5.66. The maximum atomic E-state index is 11.1. The Hall–Kier alpha value is -0.510. The van der Waals surface area contributed by atoms with E-state index in [1.54, 1.807) is 0 Å². The van der Waals surface area contributed by atoms with E-state index in [4.69, 9.17) is 5.11 Å². The van der Waals surface area contributed by atoms with Gasteiger partial charge in [0.1, 0.15) is 0 Å². The molecule has 0 saturated carbocycles. The first-order valence-corrected chi connectivity index (χ1v) is 6.77. The van der Waals surface area contributed by atoms with Gasteiger partial charge in [0.25, 0.3) is 0 Å². The van der Waals surface area contributed by atoms with E-state index in [1.165, 1.54) is 6.92 Å². The number of hydrogen-bond acceptors (Lipinski definition) is 3. The molecular formula is C12H22O3S. The van der Waals surface area contributed by atoms with Crippen LogP contribution < -0.4 is 0 Å². The number of hydrogen-bond donors (Lipinski definition) is 1. The lowest BCUT2D eigenvalue weighted by atomic mass is 9.98. The molecule has 0 spiro atoms. The van der Waals surface area contributed by atoms with E-state index in [2.05, 4.69) is 6.92 Å². The molecule has 94 valence electrons. The minimum atomic E-state index is -0.780.